The summed E-state index contributed by atoms with van der Waals surface area (Å²) in [5.74, 6) is 0. The number of piperidine rings is 1. The van der Waals surface area contributed by atoms with E-state index in [-0.39, 0.29) is 0 Å². The number of hydrogen-bond donors (Lipinski definition) is 0. The lowest BCUT2D eigenvalue weighted by Crippen LogP contribution is -2.36. The maximum Gasteiger partial charge on any atom is 0.0735 e. The lowest BCUT2D eigenvalue weighted by molar-refractivity contribution is -0.00425. The maximum absolute atomic E-state index is 5.99. The van der Waals surface area contributed by atoms with Gasteiger partial charge in [0.25, 0.3) is 0 Å². The van der Waals surface area contributed by atoms with Crippen LogP contribution in [0.1, 0.15) is 29.8 Å². The molecule has 0 unspecified atom stereocenters. The Kier molecular flexibility index (Phi) is 5.08. The molecular formula is C17H22N4O. The molecule has 3 heterocycles. The number of ether oxygens (including phenoxy) is 1. The summed E-state index contributed by atoms with van der Waals surface area (Å²) in [7, 11) is 0. The average molecular weight is 298 g/mol. The molecule has 1 fully saturated rings. The van der Waals surface area contributed by atoms with Crippen molar-refractivity contribution in [3.8, 4) is 0 Å². The van der Waals surface area contributed by atoms with Crippen molar-refractivity contribution in [2.75, 3.05) is 13.1 Å². The van der Waals surface area contributed by atoms with Gasteiger partial charge in [0.15, 0.2) is 0 Å². The molecule has 2 aromatic rings. The Morgan fingerprint density at radius 1 is 1.18 bits per heavy atom. The largest absolute Gasteiger partial charge is 0.373 e. The molecular weight excluding hydrogens is 276 g/mol. The van der Waals surface area contributed by atoms with E-state index in [1.807, 2.05) is 31.6 Å². The van der Waals surface area contributed by atoms with Crippen LogP contribution in [0.15, 0.2) is 36.9 Å². The van der Waals surface area contributed by atoms with Crippen LogP contribution in [0.25, 0.3) is 0 Å². The highest BCUT2D eigenvalue weighted by atomic mass is 16.5. The highest BCUT2D eigenvalue weighted by Crippen LogP contribution is 2.17. The molecule has 1 aliphatic rings. The van der Waals surface area contributed by atoms with Crippen LogP contribution in [-0.2, 0) is 17.9 Å². The zero-order valence-electron chi connectivity index (χ0n) is 13.0. The molecule has 5 nitrogen and oxygen atoms in total. The molecule has 0 spiro atoms. The lowest BCUT2D eigenvalue weighted by Gasteiger charge is -2.31. The highest BCUT2D eigenvalue weighted by molar-refractivity contribution is 5.06. The summed E-state index contributed by atoms with van der Waals surface area (Å²) >= 11 is 0. The fourth-order valence-electron chi connectivity index (χ4n) is 2.66. The van der Waals surface area contributed by atoms with Crippen LogP contribution in [0.4, 0.5) is 0 Å². The van der Waals surface area contributed by atoms with Crippen molar-refractivity contribution in [1.29, 1.82) is 0 Å². The van der Waals surface area contributed by atoms with Crippen molar-refractivity contribution >= 4 is 0 Å². The third-order valence-electron chi connectivity index (χ3n) is 3.96. The Hall–Kier alpha value is -1.85. The van der Waals surface area contributed by atoms with Gasteiger partial charge in [-0.05, 0) is 31.4 Å². The van der Waals surface area contributed by atoms with Crippen molar-refractivity contribution in [2.45, 2.75) is 39.0 Å². The Balaban J connectivity index is 1.41. The number of hydrogen-bond acceptors (Lipinski definition) is 5. The van der Waals surface area contributed by atoms with Crippen molar-refractivity contribution in [3.05, 3.63) is 53.9 Å². The zero-order chi connectivity index (χ0) is 15.2. The number of aryl methyl sites for hydroxylation is 1. The topological polar surface area (TPSA) is 51.1 Å². The smallest absolute Gasteiger partial charge is 0.0735 e. The summed E-state index contributed by atoms with van der Waals surface area (Å²) in [6, 6.07) is 4.00. The van der Waals surface area contributed by atoms with Crippen LogP contribution in [0.5, 0.6) is 0 Å². The Labute approximate surface area is 131 Å². The number of rotatable bonds is 5. The van der Waals surface area contributed by atoms with Crippen LogP contribution < -0.4 is 0 Å². The van der Waals surface area contributed by atoms with Gasteiger partial charge >= 0.3 is 0 Å². The highest BCUT2D eigenvalue weighted by Gasteiger charge is 2.20. The molecule has 2 aromatic heterocycles. The monoisotopic (exact) mass is 298 g/mol. The Morgan fingerprint density at radius 3 is 2.73 bits per heavy atom. The summed E-state index contributed by atoms with van der Waals surface area (Å²) in [6.45, 7) is 5.59. The van der Waals surface area contributed by atoms with Crippen LogP contribution in [-0.4, -0.2) is 39.0 Å². The van der Waals surface area contributed by atoms with Gasteiger partial charge in [0.05, 0.1) is 24.1 Å². The standard InChI is InChI=1S/C17H22N4O/c1-14-9-20-16(11-19-14)12-21-7-4-17(5-8-21)22-13-15-3-2-6-18-10-15/h2-3,6,9-11,17H,4-5,7-8,12-13H2,1H3. The molecule has 0 N–H and O–H groups in total. The molecule has 1 saturated heterocycles. The minimum Gasteiger partial charge on any atom is -0.373 e. The first kappa shape index (κ1) is 15.1. The second kappa shape index (κ2) is 7.42. The summed E-state index contributed by atoms with van der Waals surface area (Å²) < 4.78 is 5.99. The summed E-state index contributed by atoms with van der Waals surface area (Å²) in [4.78, 5) is 15.3. The van der Waals surface area contributed by atoms with Crippen molar-refractivity contribution in [1.82, 2.24) is 19.9 Å². The van der Waals surface area contributed by atoms with E-state index in [2.05, 4.69) is 25.9 Å². The van der Waals surface area contributed by atoms with Gasteiger partial charge in [-0.25, -0.2) is 0 Å². The molecule has 0 aliphatic carbocycles. The van der Waals surface area contributed by atoms with Gasteiger partial charge in [-0.1, -0.05) is 6.07 Å². The first-order valence-electron chi connectivity index (χ1n) is 7.80. The fraction of sp³-hybridized carbons (Fsp3) is 0.471. The predicted molar refractivity (Wildman–Crippen MR) is 84.1 cm³/mol. The van der Waals surface area contributed by atoms with Crippen molar-refractivity contribution in [3.63, 3.8) is 0 Å². The minimum absolute atomic E-state index is 0.348. The van der Waals surface area contributed by atoms with E-state index in [1.165, 1.54) is 0 Å². The van der Waals surface area contributed by atoms with Crippen LogP contribution in [0, 0.1) is 6.92 Å². The molecule has 1 aliphatic heterocycles. The van der Waals surface area contributed by atoms with Crippen LogP contribution >= 0.6 is 0 Å². The fourth-order valence-corrected chi connectivity index (χ4v) is 2.66. The quantitative estimate of drug-likeness (QED) is 0.848. The van der Waals surface area contributed by atoms with Gasteiger partial charge in [-0.15, -0.1) is 0 Å². The van der Waals surface area contributed by atoms with Gasteiger partial charge in [0.2, 0.25) is 0 Å². The maximum atomic E-state index is 5.99. The molecule has 0 aromatic carbocycles. The number of likely N-dealkylation sites (tertiary alicyclic amines) is 1. The second-order valence-electron chi connectivity index (χ2n) is 5.80. The van der Waals surface area contributed by atoms with Crippen LogP contribution in [0.2, 0.25) is 0 Å². The molecule has 0 atom stereocenters. The molecule has 0 radical (unpaired) electrons. The van der Waals surface area contributed by atoms with E-state index in [9.17, 15) is 0 Å². The first-order chi connectivity index (χ1) is 10.8. The van der Waals surface area contributed by atoms with E-state index < -0.39 is 0 Å². The molecule has 22 heavy (non-hydrogen) atoms. The van der Waals surface area contributed by atoms with Gasteiger partial charge < -0.3 is 4.74 Å². The molecule has 0 amide bonds. The SMILES string of the molecule is Cc1cnc(CN2CCC(OCc3cccnc3)CC2)cn1. The Bertz CT molecular complexity index is 565. The van der Waals surface area contributed by atoms with E-state index in [4.69, 9.17) is 4.74 Å². The average Bonchev–Trinajstić information content (AvgIpc) is 2.57. The van der Waals surface area contributed by atoms with E-state index in [0.717, 1.165) is 49.4 Å². The summed E-state index contributed by atoms with van der Waals surface area (Å²) in [5, 5.41) is 0. The second-order valence-corrected chi connectivity index (χ2v) is 5.80. The third kappa shape index (κ3) is 4.32. The molecule has 0 saturated carbocycles. The summed E-state index contributed by atoms with van der Waals surface area (Å²) in [5.41, 5.74) is 3.14. The predicted octanol–water partition coefficient (Wildman–Crippen LogP) is 2.36. The van der Waals surface area contributed by atoms with Gasteiger partial charge in [-0.2, -0.15) is 0 Å². The third-order valence-corrected chi connectivity index (χ3v) is 3.96. The number of nitrogens with zero attached hydrogens (tertiary/aromatic N) is 4. The minimum atomic E-state index is 0.348. The molecule has 116 valence electrons. The van der Waals surface area contributed by atoms with Gasteiger partial charge in [0.1, 0.15) is 0 Å². The van der Waals surface area contributed by atoms with Crippen LogP contribution in [0.3, 0.4) is 0 Å². The molecule has 3 rings (SSSR count). The number of aromatic nitrogens is 3. The number of pyridine rings is 1. The van der Waals surface area contributed by atoms with Crippen molar-refractivity contribution in [2.24, 2.45) is 0 Å². The van der Waals surface area contributed by atoms with Gasteiger partial charge in [0, 0.05) is 44.4 Å². The Morgan fingerprint density at radius 2 is 2.05 bits per heavy atom. The lowest BCUT2D eigenvalue weighted by atomic mass is 10.1. The molecule has 5 heteroatoms. The summed E-state index contributed by atoms with van der Waals surface area (Å²) in [6.07, 6.45) is 9.85. The first-order valence-corrected chi connectivity index (χ1v) is 7.80. The van der Waals surface area contributed by atoms with E-state index in [0.29, 0.717) is 12.7 Å². The van der Waals surface area contributed by atoms with E-state index in [1.54, 1.807) is 6.20 Å². The normalized spacial score (nSPS) is 16.8. The van der Waals surface area contributed by atoms with Crippen molar-refractivity contribution < 1.29 is 4.74 Å². The van der Waals surface area contributed by atoms with E-state index >= 15 is 0 Å². The van der Waals surface area contributed by atoms with Gasteiger partial charge in [-0.3, -0.25) is 19.9 Å². The molecule has 0 bridgehead atoms. The zero-order valence-corrected chi connectivity index (χ0v) is 13.0.